The van der Waals surface area contributed by atoms with E-state index in [1.54, 1.807) is 0 Å². The highest BCUT2D eigenvalue weighted by atomic mass is 16.5. The molecule has 57 heavy (non-hydrogen) atoms. The summed E-state index contributed by atoms with van der Waals surface area (Å²) in [6.45, 7) is 10.2. The van der Waals surface area contributed by atoms with E-state index in [1.807, 2.05) is 26.0 Å². The molecule has 2 heteroatoms. The maximum Gasteiger partial charge on any atom is 0.119 e. The molecular weight excluding hydrogens is 693 g/mol. The van der Waals surface area contributed by atoms with Gasteiger partial charge in [-0.05, 0) is 200 Å². The van der Waals surface area contributed by atoms with Gasteiger partial charge in [0.2, 0.25) is 0 Å². The molecule has 8 fully saturated rings. The third-order valence-electron chi connectivity index (χ3n) is 17.0. The van der Waals surface area contributed by atoms with Gasteiger partial charge >= 0.3 is 0 Å². The first-order valence-electron chi connectivity index (χ1n) is 24.4. The second-order valence-electron chi connectivity index (χ2n) is 20.1. The number of hydrogen-bond donors (Lipinski definition) is 0. The van der Waals surface area contributed by atoms with E-state index in [4.69, 9.17) is 9.47 Å². The molecule has 0 saturated heterocycles. The summed E-state index contributed by atoms with van der Waals surface area (Å²) in [5, 5.41) is 0. The van der Waals surface area contributed by atoms with Crippen LogP contribution >= 0.6 is 0 Å². The molecule has 8 aliphatic carbocycles. The molecule has 0 amide bonds. The van der Waals surface area contributed by atoms with Gasteiger partial charge < -0.3 is 9.47 Å². The quantitative estimate of drug-likeness (QED) is 0.212. The van der Waals surface area contributed by atoms with Crippen LogP contribution < -0.4 is 9.47 Å². The highest BCUT2D eigenvalue weighted by molar-refractivity contribution is 5.41. The molecule has 8 aliphatic rings. The molecule has 310 valence electrons. The Hall–Kier alpha value is -2.84. The highest BCUT2D eigenvalue weighted by Crippen LogP contribution is 2.63. The summed E-state index contributed by atoms with van der Waals surface area (Å²) >= 11 is 0. The van der Waals surface area contributed by atoms with Crippen molar-refractivity contribution >= 4 is 0 Å². The van der Waals surface area contributed by atoms with E-state index in [-0.39, 0.29) is 0 Å². The van der Waals surface area contributed by atoms with Crippen LogP contribution in [-0.2, 0) is 0 Å². The molecule has 0 aromatic heterocycles. The molecule has 10 rings (SSSR count). The Bertz CT molecular complexity index is 1610. The summed E-state index contributed by atoms with van der Waals surface area (Å²) in [6, 6.07) is 16.6. The van der Waals surface area contributed by atoms with Crippen LogP contribution in [0.4, 0.5) is 0 Å². The Morgan fingerprint density at radius 3 is 1.16 bits per heavy atom. The second-order valence-corrected chi connectivity index (χ2v) is 20.1. The van der Waals surface area contributed by atoms with Crippen molar-refractivity contribution in [2.24, 2.45) is 45.3 Å². The predicted molar refractivity (Wildman–Crippen MR) is 239 cm³/mol. The second kappa shape index (κ2) is 19.5. The van der Waals surface area contributed by atoms with E-state index >= 15 is 0 Å². The minimum atomic E-state index is 0.304. The lowest BCUT2D eigenvalue weighted by atomic mass is 9.48. The molecule has 0 unspecified atom stereocenters. The fourth-order valence-electron chi connectivity index (χ4n) is 13.1. The molecule has 0 radical (unpaired) electrons. The summed E-state index contributed by atoms with van der Waals surface area (Å²) in [4.78, 5) is 0. The van der Waals surface area contributed by atoms with Crippen LogP contribution in [-0.4, -0.2) is 13.2 Å². The standard InChI is InChI=1S/C28H40O.C27H38O/c1-3-5-6-23-7-11-25(12-8-23)28-20-17-27(18-21-28,19-22-28)16-15-24-9-13-26(14-10-24)29-4-2;1-3-5-22-6-10-24(11-7-22)27-19-16-26(17-20-27,18-21-27)15-14-23-8-12-25(13-9-23)28-4-2/h9-10,13-14,23,25H,3-8,11-12,17-22H2,1-2H3;8-9,12-13,22,24H,3-7,10-11,16-21H2,1-2H3. The van der Waals surface area contributed by atoms with Gasteiger partial charge in [-0.3, -0.25) is 0 Å². The van der Waals surface area contributed by atoms with E-state index in [2.05, 4.69) is 73.9 Å². The van der Waals surface area contributed by atoms with Crippen molar-refractivity contribution in [2.45, 2.75) is 188 Å². The highest BCUT2D eigenvalue weighted by Gasteiger charge is 2.53. The Morgan fingerprint density at radius 2 is 0.825 bits per heavy atom. The van der Waals surface area contributed by atoms with Crippen molar-refractivity contribution < 1.29 is 9.47 Å². The van der Waals surface area contributed by atoms with Crippen LogP contribution in [0.1, 0.15) is 199 Å². The molecule has 0 heterocycles. The van der Waals surface area contributed by atoms with Crippen molar-refractivity contribution in [3.63, 3.8) is 0 Å². The minimum Gasteiger partial charge on any atom is -0.494 e. The number of hydrogen-bond acceptors (Lipinski definition) is 2. The zero-order valence-corrected chi connectivity index (χ0v) is 36.8. The maximum atomic E-state index is 5.55. The van der Waals surface area contributed by atoms with Crippen LogP contribution in [0.3, 0.4) is 0 Å². The van der Waals surface area contributed by atoms with Crippen molar-refractivity contribution in [3.8, 4) is 35.2 Å². The van der Waals surface area contributed by atoms with Crippen LogP contribution in [0.25, 0.3) is 0 Å². The van der Waals surface area contributed by atoms with Gasteiger partial charge in [0.25, 0.3) is 0 Å². The lowest BCUT2D eigenvalue weighted by Crippen LogP contribution is -2.45. The van der Waals surface area contributed by atoms with Crippen LogP contribution in [0.2, 0.25) is 0 Å². The summed E-state index contributed by atoms with van der Waals surface area (Å²) < 4.78 is 11.1. The molecule has 4 bridgehead atoms. The van der Waals surface area contributed by atoms with Crippen LogP contribution in [0, 0.1) is 69.0 Å². The lowest BCUT2D eigenvalue weighted by molar-refractivity contribution is -0.0379. The molecular formula is C55H78O2. The van der Waals surface area contributed by atoms with Gasteiger partial charge in [-0.1, -0.05) is 95.3 Å². The van der Waals surface area contributed by atoms with Gasteiger partial charge in [0.05, 0.1) is 13.2 Å². The maximum absolute atomic E-state index is 5.55. The molecule has 0 spiro atoms. The average Bonchev–Trinajstić information content (AvgIpc) is 3.27. The Labute approximate surface area is 349 Å². The van der Waals surface area contributed by atoms with Gasteiger partial charge in [0.15, 0.2) is 0 Å². The normalized spacial score (nSPS) is 34.1. The number of ether oxygens (including phenoxy) is 2. The number of benzene rings is 2. The van der Waals surface area contributed by atoms with E-state index in [9.17, 15) is 0 Å². The van der Waals surface area contributed by atoms with E-state index in [0.717, 1.165) is 59.5 Å². The van der Waals surface area contributed by atoms with Crippen LogP contribution in [0.5, 0.6) is 11.5 Å². The average molecular weight is 771 g/mol. The third kappa shape index (κ3) is 10.3. The summed E-state index contributed by atoms with van der Waals surface area (Å²) in [7, 11) is 0. The first kappa shape index (κ1) is 42.3. The van der Waals surface area contributed by atoms with Crippen molar-refractivity contribution in [2.75, 3.05) is 13.2 Å². The minimum absolute atomic E-state index is 0.304. The molecule has 0 atom stereocenters. The molecule has 0 aliphatic heterocycles. The first-order chi connectivity index (χ1) is 27.8. The molecule has 0 N–H and O–H groups in total. The number of fused-ring (bicyclic) bond motifs is 6. The van der Waals surface area contributed by atoms with Gasteiger partial charge in [0.1, 0.15) is 11.5 Å². The van der Waals surface area contributed by atoms with Crippen molar-refractivity contribution in [1.29, 1.82) is 0 Å². The fourth-order valence-corrected chi connectivity index (χ4v) is 13.1. The Kier molecular flexibility index (Phi) is 14.5. The smallest absolute Gasteiger partial charge is 0.119 e. The van der Waals surface area contributed by atoms with Gasteiger partial charge in [-0.25, -0.2) is 0 Å². The lowest BCUT2D eigenvalue weighted by Gasteiger charge is -2.56. The largest absolute Gasteiger partial charge is 0.494 e. The number of unbranched alkanes of at least 4 members (excludes halogenated alkanes) is 1. The SMILES string of the molecule is CCCC1CCC(C23CCC(C#Cc4ccc(OCC)cc4)(CC2)CC3)CC1.CCCCC1CCC(C23CCC(C#Cc4ccc(OCC)cc4)(CC2)CC3)CC1. The monoisotopic (exact) mass is 771 g/mol. The van der Waals surface area contributed by atoms with Crippen molar-refractivity contribution in [1.82, 2.24) is 0 Å². The van der Waals surface area contributed by atoms with Gasteiger partial charge in [0, 0.05) is 22.0 Å². The van der Waals surface area contributed by atoms with Gasteiger partial charge in [-0.2, -0.15) is 0 Å². The summed E-state index contributed by atoms with van der Waals surface area (Å²) in [5.74, 6) is 20.5. The third-order valence-corrected chi connectivity index (χ3v) is 17.0. The van der Waals surface area contributed by atoms with Gasteiger partial charge in [-0.15, -0.1) is 0 Å². The molecule has 2 aromatic rings. The zero-order valence-electron chi connectivity index (χ0n) is 36.8. The molecule has 2 aromatic carbocycles. The Balaban J connectivity index is 0.000000174. The zero-order chi connectivity index (χ0) is 39.6. The fraction of sp³-hybridized carbons (Fsp3) is 0.709. The van der Waals surface area contributed by atoms with E-state index in [0.29, 0.717) is 21.7 Å². The summed E-state index contributed by atoms with van der Waals surface area (Å²) in [6.07, 6.45) is 35.9. The molecule has 2 nitrogen and oxygen atoms in total. The Morgan fingerprint density at radius 1 is 0.456 bits per heavy atom. The first-order valence-corrected chi connectivity index (χ1v) is 24.4. The van der Waals surface area contributed by atoms with E-state index < -0.39 is 0 Å². The van der Waals surface area contributed by atoms with Crippen molar-refractivity contribution in [3.05, 3.63) is 59.7 Å². The topological polar surface area (TPSA) is 18.5 Å². The van der Waals surface area contributed by atoms with Crippen LogP contribution in [0.15, 0.2) is 48.5 Å². The number of rotatable bonds is 11. The van der Waals surface area contributed by atoms with E-state index in [1.165, 1.54) is 161 Å². The summed E-state index contributed by atoms with van der Waals surface area (Å²) in [5.41, 5.74) is 4.24. The molecule has 8 saturated carbocycles. The predicted octanol–water partition coefficient (Wildman–Crippen LogP) is 15.2.